The molecule has 0 aliphatic carbocycles. The van der Waals surface area contributed by atoms with E-state index in [0.717, 1.165) is 16.0 Å². The molecule has 2 unspecified atom stereocenters. The van der Waals surface area contributed by atoms with Crippen LogP contribution in [0.25, 0.3) is 0 Å². The second-order valence-corrected chi connectivity index (χ2v) is 8.35. The number of fused-ring (bicyclic) bond motifs is 1. The third-order valence-electron chi connectivity index (χ3n) is 5.47. The molecule has 2 aromatic carbocycles. The van der Waals surface area contributed by atoms with Crippen molar-refractivity contribution in [2.24, 2.45) is 5.92 Å². The van der Waals surface area contributed by atoms with Gasteiger partial charge >= 0.3 is 12.1 Å². The SMILES string of the molecule is CC(C)CC(C(=O)O)N(CCc1ccc(OCC2COc3ccc(F)cc32)cc1)C(=O)O. The Morgan fingerprint density at radius 2 is 1.91 bits per heavy atom. The van der Waals surface area contributed by atoms with Crippen molar-refractivity contribution in [3.8, 4) is 11.5 Å². The quantitative estimate of drug-likeness (QED) is 0.563. The van der Waals surface area contributed by atoms with Gasteiger partial charge in [0.2, 0.25) is 0 Å². The molecule has 172 valence electrons. The molecule has 1 amide bonds. The first-order valence-corrected chi connectivity index (χ1v) is 10.6. The summed E-state index contributed by atoms with van der Waals surface area (Å²) < 4.78 is 24.9. The summed E-state index contributed by atoms with van der Waals surface area (Å²) in [5.74, 6) is -0.131. The molecule has 0 bridgehead atoms. The lowest BCUT2D eigenvalue weighted by atomic mass is 10.0. The van der Waals surface area contributed by atoms with E-state index in [-0.39, 0.29) is 30.6 Å². The summed E-state index contributed by atoms with van der Waals surface area (Å²) in [7, 11) is 0. The first-order valence-electron chi connectivity index (χ1n) is 10.6. The molecule has 2 N–H and O–H groups in total. The van der Waals surface area contributed by atoms with Gasteiger partial charge in [0.25, 0.3) is 0 Å². The third-order valence-corrected chi connectivity index (χ3v) is 5.47. The van der Waals surface area contributed by atoms with E-state index in [0.29, 0.717) is 31.1 Å². The average Bonchev–Trinajstić information content (AvgIpc) is 3.13. The minimum Gasteiger partial charge on any atom is -0.493 e. The molecule has 7 nitrogen and oxygen atoms in total. The van der Waals surface area contributed by atoms with Gasteiger partial charge in [-0.15, -0.1) is 0 Å². The minimum atomic E-state index is -1.24. The van der Waals surface area contributed by atoms with Crippen LogP contribution >= 0.6 is 0 Å². The maximum Gasteiger partial charge on any atom is 0.408 e. The van der Waals surface area contributed by atoms with Gasteiger partial charge in [0, 0.05) is 12.1 Å². The molecular weight excluding hydrogens is 417 g/mol. The highest BCUT2D eigenvalue weighted by atomic mass is 19.1. The Balaban J connectivity index is 1.56. The van der Waals surface area contributed by atoms with Gasteiger partial charge in [0.05, 0.1) is 19.1 Å². The van der Waals surface area contributed by atoms with Gasteiger partial charge in [-0.05, 0) is 54.7 Å². The van der Waals surface area contributed by atoms with Crippen molar-refractivity contribution in [1.82, 2.24) is 4.90 Å². The van der Waals surface area contributed by atoms with Gasteiger partial charge in [0.1, 0.15) is 23.4 Å². The molecule has 1 aliphatic heterocycles. The zero-order chi connectivity index (χ0) is 23.3. The lowest BCUT2D eigenvalue weighted by molar-refractivity contribution is -0.143. The maximum atomic E-state index is 13.5. The van der Waals surface area contributed by atoms with Crippen LogP contribution < -0.4 is 9.47 Å². The summed E-state index contributed by atoms with van der Waals surface area (Å²) in [4.78, 5) is 24.2. The van der Waals surface area contributed by atoms with Crippen molar-refractivity contribution in [1.29, 1.82) is 0 Å². The van der Waals surface area contributed by atoms with Crippen molar-refractivity contribution in [2.75, 3.05) is 19.8 Å². The van der Waals surface area contributed by atoms with Crippen LogP contribution in [0, 0.1) is 11.7 Å². The molecule has 0 fully saturated rings. The molecule has 1 aliphatic rings. The van der Waals surface area contributed by atoms with Gasteiger partial charge in [-0.3, -0.25) is 4.90 Å². The van der Waals surface area contributed by atoms with E-state index in [1.807, 2.05) is 26.0 Å². The maximum absolute atomic E-state index is 13.5. The van der Waals surface area contributed by atoms with E-state index in [9.17, 15) is 24.2 Å². The summed E-state index contributed by atoms with van der Waals surface area (Å²) in [5.41, 5.74) is 1.67. The van der Waals surface area contributed by atoms with E-state index < -0.39 is 18.1 Å². The highest BCUT2D eigenvalue weighted by Gasteiger charge is 2.30. The number of aliphatic carboxylic acids is 1. The Morgan fingerprint density at radius 1 is 1.19 bits per heavy atom. The fraction of sp³-hybridized carbons (Fsp3) is 0.417. The van der Waals surface area contributed by atoms with E-state index in [1.54, 1.807) is 18.2 Å². The third kappa shape index (κ3) is 5.90. The number of amides is 1. The van der Waals surface area contributed by atoms with Crippen molar-refractivity contribution >= 4 is 12.1 Å². The van der Waals surface area contributed by atoms with Gasteiger partial charge in [-0.25, -0.2) is 14.0 Å². The number of carboxylic acid groups (broad SMARTS) is 2. The fourth-order valence-electron chi connectivity index (χ4n) is 3.78. The number of halogens is 1. The lowest BCUT2D eigenvalue weighted by Crippen LogP contribution is -2.46. The van der Waals surface area contributed by atoms with Gasteiger partial charge in [-0.1, -0.05) is 26.0 Å². The van der Waals surface area contributed by atoms with E-state index in [2.05, 4.69) is 0 Å². The summed E-state index contributed by atoms with van der Waals surface area (Å²) in [6, 6.07) is 10.6. The molecule has 2 atom stereocenters. The smallest absolute Gasteiger partial charge is 0.408 e. The first-order chi connectivity index (χ1) is 15.2. The minimum absolute atomic E-state index is 0.0570. The number of nitrogens with zero attached hydrogens (tertiary/aromatic N) is 1. The Labute approximate surface area is 186 Å². The highest BCUT2D eigenvalue weighted by Crippen LogP contribution is 2.34. The topological polar surface area (TPSA) is 96.3 Å². The van der Waals surface area contributed by atoms with Crippen LogP contribution in [0.4, 0.5) is 9.18 Å². The second kappa shape index (κ2) is 10.3. The van der Waals surface area contributed by atoms with E-state index in [1.165, 1.54) is 12.1 Å². The number of carbonyl (C=O) groups is 2. The molecule has 0 spiro atoms. The van der Waals surface area contributed by atoms with Gasteiger partial charge in [-0.2, -0.15) is 0 Å². The highest BCUT2D eigenvalue weighted by molar-refractivity contribution is 5.79. The monoisotopic (exact) mass is 445 g/mol. The van der Waals surface area contributed by atoms with Crippen LogP contribution in [0.5, 0.6) is 11.5 Å². The number of hydrogen-bond acceptors (Lipinski definition) is 4. The number of rotatable bonds is 10. The van der Waals surface area contributed by atoms with Crippen molar-refractivity contribution < 1.29 is 33.7 Å². The lowest BCUT2D eigenvalue weighted by Gasteiger charge is -2.27. The molecule has 0 saturated carbocycles. The molecule has 0 saturated heterocycles. The Hall–Kier alpha value is -3.29. The summed E-state index contributed by atoms with van der Waals surface area (Å²) in [6.07, 6.45) is -0.599. The van der Waals surface area contributed by atoms with Crippen molar-refractivity contribution in [3.63, 3.8) is 0 Å². The first kappa shape index (κ1) is 23.4. The Kier molecular flexibility index (Phi) is 7.56. The fourth-order valence-corrected chi connectivity index (χ4v) is 3.78. The average molecular weight is 445 g/mol. The molecule has 0 aromatic heterocycles. The Bertz CT molecular complexity index is 946. The van der Waals surface area contributed by atoms with Crippen molar-refractivity contribution in [3.05, 3.63) is 59.4 Å². The second-order valence-electron chi connectivity index (χ2n) is 8.35. The Morgan fingerprint density at radius 3 is 2.53 bits per heavy atom. The van der Waals surface area contributed by atoms with Crippen molar-refractivity contribution in [2.45, 2.75) is 38.6 Å². The van der Waals surface area contributed by atoms with Crippen LogP contribution in [-0.4, -0.2) is 53.0 Å². The molecule has 8 heteroatoms. The number of benzene rings is 2. The van der Waals surface area contributed by atoms with Crippen LogP contribution in [0.3, 0.4) is 0 Å². The standard InChI is InChI=1S/C24H28FNO6/c1-15(2)11-21(23(27)28)26(24(29)30)10-9-16-3-6-19(7-4-16)31-13-17-14-32-22-8-5-18(25)12-20(17)22/h3-8,12,15,17,21H,9-11,13-14H2,1-2H3,(H,27,28)(H,29,30). The predicted octanol–water partition coefficient (Wildman–Crippen LogP) is 4.40. The molecule has 1 heterocycles. The molecule has 2 aromatic rings. The van der Waals surface area contributed by atoms with Crippen LogP contribution in [-0.2, 0) is 11.2 Å². The number of ether oxygens (including phenoxy) is 2. The molecule has 32 heavy (non-hydrogen) atoms. The zero-order valence-corrected chi connectivity index (χ0v) is 18.2. The van der Waals surface area contributed by atoms with E-state index >= 15 is 0 Å². The zero-order valence-electron chi connectivity index (χ0n) is 18.2. The van der Waals surface area contributed by atoms with E-state index in [4.69, 9.17) is 9.47 Å². The largest absolute Gasteiger partial charge is 0.493 e. The van der Waals surface area contributed by atoms with Crippen LogP contribution in [0.15, 0.2) is 42.5 Å². The number of carboxylic acids is 1. The summed E-state index contributed by atoms with van der Waals surface area (Å²) in [5, 5.41) is 18.9. The van der Waals surface area contributed by atoms with Crippen LogP contribution in [0.1, 0.15) is 37.3 Å². The summed E-state index contributed by atoms with van der Waals surface area (Å²) in [6.45, 7) is 4.59. The van der Waals surface area contributed by atoms with Gasteiger partial charge in [0.15, 0.2) is 0 Å². The molecule has 0 radical (unpaired) electrons. The van der Waals surface area contributed by atoms with Crippen LogP contribution in [0.2, 0.25) is 0 Å². The summed E-state index contributed by atoms with van der Waals surface area (Å²) >= 11 is 0. The molecule has 3 rings (SSSR count). The number of hydrogen-bond donors (Lipinski definition) is 2. The predicted molar refractivity (Wildman–Crippen MR) is 116 cm³/mol. The van der Waals surface area contributed by atoms with Gasteiger partial charge < -0.3 is 19.7 Å². The normalized spacial score (nSPS) is 15.7. The molecular formula is C24H28FNO6.